The molecule has 0 aliphatic carbocycles. The fourth-order valence-corrected chi connectivity index (χ4v) is 3.49. The van der Waals surface area contributed by atoms with E-state index in [9.17, 15) is 9.59 Å². The topological polar surface area (TPSA) is 106 Å². The van der Waals surface area contributed by atoms with Crippen molar-refractivity contribution in [2.75, 3.05) is 13.1 Å². The first-order valence-electron chi connectivity index (χ1n) is 8.43. The van der Waals surface area contributed by atoms with Gasteiger partial charge in [-0.3, -0.25) is 9.59 Å². The number of amides is 2. The first-order valence-corrected chi connectivity index (χ1v) is 9.25. The zero-order chi connectivity index (χ0) is 18.8. The number of hydrogen-bond acceptors (Lipinski definition) is 7. The molecule has 4 rings (SSSR count). The van der Waals surface area contributed by atoms with E-state index in [0.717, 1.165) is 10.6 Å². The molecule has 1 aromatic carbocycles. The number of carbonyl (C=O) groups is 2. The molecule has 2 amide bonds. The van der Waals surface area contributed by atoms with Crippen molar-refractivity contribution >= 4 is 23.2 Å². The normalized spacial score (nSPS) is 14.0. The van der Waals surface area contributed by atoms with Gasteiger partial charge < -0.3 is 10.2 Å². The number of nitrogens with zero attached hydrogens (tertiary/aromatic N) is 6. The highest BCUT2D eigenvalue weighted by Crippen LogP contribution is 2.23. The summed E-state index contributed by atoms with van der Waals surface area (Å²) >= 11 is 1.43. The third-order valence-electron chi connectivity index (χ3n) is 4.31. The van der Waals surface area contributed by atoms with Gasteiger partial charge in [0.25, 0.3) is 5.91 Å². The molecule has 1 fully saturated rings. The summed E-state index contributed by atoms with van der Waals surface area (Å²) in [6.45, 7) is 2.99. The molecule has 1 aliphatic heterocycles. The summed E-state index contributed by atoms with van der Waals surface area (Å²) in [5.41, 5.74) is 1.24. The number of hydrogen-bond donors (Lipinski definition) is 1. The van der Waals surface area contributed by atoms with Crippen LogP contribution >= 0.6 is 11.3 Å². The van der Waals surface area contributed by atoms with E-state index in [1.165, 1.54) is 18.3 Å². The molecule has 27 heavy (non-hydrogen) atoms. The van der Waals surface area contributed by atoms with Gasteiger partial charge in [0.05, 0.1) is 18.8 Å². The molecule has 138 valence electrons. The zero-order valence-corrected chi connectivity index (χ0v) is 15.4. The van der Waals surface area contributed by atoms with E-state index in [4.69, 9.17) is 0 Å². The minimum Gasteiger partial charge on any atom is -0.344 e. The van der Waals surface area contributed by atoms with E-state index in [1.54, 1.807) is 15.8 Å². The molecule has 3 aromatic rings. The molecule has 0 radical (unpaired) electrons. The lowest BCUT2D eigenvalue weighted by Gasteiger charge is -2.38. The van der Waals surface area contributed by atoms with Gasteiger partial charge in [-0.15, -0.1) is 15.3 Å². The summed E-state index contributed by atoms with van der Waals surface area (Å²) in [6, 6.07) is 9.84. The Morgan fingerprint density at radius 3 is 2.70 bits per heavy atom. The van der Waals surface area contributed by atoms with Crippen LogP contribution in [0.3, 0.4) is 0 Å². The van der Waals surface area contributed by atoms with Gasteiger partial charge in [0.15, 0.2) is 5.69 Å². The molecule has 0 bridgehead atoms. The van der Waals surface area contributed by atoms with E-state index >= 15 is 0 Å². The lowest BCUT2D eigenvalue weighted by atomic mass is 10.1. The summed E-state index contributed by atoms with van der Waals surface area (Å²) in [4.78, 5) is 25.2. The fraction of sp³-hybridized carbons (Fsp3) is 0.294. The second kappa shape index (κ2) is 7.23. The van der Waals surface area contributed by atoms with Crippen LogP contribution in [0.25, 0.3) is 10.6 Å². The number of rotatable bonds is 5. The largest absolute Gasteiger partial charge is 0.344 e. The van der Waals surface area contributed by atoms with E-state index in [1.807, 2.05) is 30.3 Å². The van der Waals surface area contributed by atoms with Crippen LogP contribution in [0.1, 0.15) is 28.5 Å². The van der Waals surface area contributed by atoms with Gasteiger partial charge in [0.2, 0.25) is 5.91 Å². The molecule has 0 atom stereocenters. The zero-order valence-electron chi connectivity index (χ0n) is 14.6. The molecule has 10 heteroatoms. The Balaban J connectivity index is 1.33. The third kappa shape index (κ3) is 3.70. The van der Waals surface area contributed by atoms with E-state index in [-0.39, 0.29) is 30.1 Å². The summed E-state index contributed by atoms with van der Waals surface area (Å²) in [5.74, 6) is -0.281. The first-order chi connectivity index (χ1) is 13.1. The van der Waals surface area contributed by atoms with Crippen molar-refractivity contribution in [3.8, 4) is 10.6 Å². The van der Waals surface area contributed by atoms with Crippen molar-refractivity contribution in [3.63, 3.8) is 0 Å². The highest BCUT2D eigenvalue weighted by Gasteiger charge is 2.31. The molecule has 9 nitrogen and oxygen atoms in total. The lowest BCUT2D eigenvalue weighted by molar-refractivity contribution is -0.134. The quantitative estimate of drug-likeness (QED) is 0.708. The van der Waals surface area contributed by atoms with E-state index in [2.05, 4.69) is 25.8 Å². The van der Waals surface area contributed by atoms with Gasteiger partial charge in [0.1, 0.15) is 10.0 Å². The Bertz CT molecular complexity index is 963. The monoisotopic (exact) mass is 383 g/mol. The second-order valence-corrected chi connectivity index (χ2v) is 7.27. The van der Waals surface area contributed by atoms with Gasteiger partial charge in [0, 0.05) is 25.6 Å². The molecule has 0 saturated carbocycles. The number of nitrogens with one attached hydrogen (secondary N) is 1. The number of likely N-dealkylation sites (tertiary alicyclic amines) is 1. The fourth-order valence-electron chi connectivity index (χ4n) is 2.71. The number of aromatic nitrogens is 5. The Morgan fingerprint density at radius 1 is 1.19 bits per heavy atom. The Labute approximate surface area is 159 Å². The van der Waals surface area contributed by atoms with Crippen LogP contribution in [0.15, 0.2) is 36.5 Å². The average Bonchev–Trinajstić information content (AvgIpc) is 3.29. The molecule has 1 N–H and O–H groups in total. The number of benzene rings is 1. The van der Waals surface area contributed by atoms with Gasteiger partial charge in [-0.25, -0.2) is 4.68 Å². The molecular formula is C17H17N7O2S. The van der Waals surface area contributed by atoms with Crippen LogP contribution in [-0.4, -0.2) is 55.0 Å². The summed E-state index contributed by atoms with van der Waals surface area (Å²) in [7, 11) is 0. The van der Waals surface area contributed by atoms with Crippen LogP contribution < -0.4 is 5.32 Å². The van der Waals surface area contributed by atoms with Gasteiger partial charge in [-0.1, -0.05) is 46.9 Å². The highest BCUT2D eigenvalue weighted by atomic mass is 32.1. The Hall–Kier alpha value is -3.14. The molecule has 1 aliphatic rings. The minimum absolute atomic E-state index is 0.0382. The van der Waals surface area contributed by atoms with Crippen LogP contribution in [0, 0.1) is 0 Å². The minimum atomic E-state index is -0.319. The van der Waals surface area contributed by atoms with Crippen LogP contribution in [0.2, 0.25) is 0 Å². The van der Waals surface area contributed by atoms with Gasteiger partial charge in [-0.05, 0) is 0 Å². The SMILES string of the molecule is CC(=O)N1CC(n2cc(C(=O)NCc3nnc(-c4ccccc4)s3)nn2)C1. The Morgan fingerprint density at radius 2 is 1.96 bits per heavy atom. The number of carbonyl (C=O) groups excluding carboxylic acids is 2. The van der Waals surface area contributed by atoms with Crippen molar-refractivity contribution in [1.82, 2.24) is 35.4 Å². The lowest BCUT2D eigenvalue weighted by Crippen LogP contribution is -2.50. The molecule has 0 unspecified atom stereocenters. The van der Waals surface area contributed by atoms with Crippen molar-refractivity contribution in [1.29, 1.82) is 0 Å². The van der Waals surface area contributed by atoms with Crippen molar-refractivity contribution in [2.24, 2.45) is 0 Å². The Kier molecular flexibility index (Phi) is 4.63. The maximum Gasteiger partial charge on any atom is 0.273 e. The van der Waals surface area contributed by atoms with Crippen LogP contribution in [-0.2, 0) is 11.3 Å². The maximum absolute atomic E-state index is 12.3. The molecule has 1 saturated heterocycles. The summed E-state index contributed by atoms with van der Waals surface area (Å²) in [6.07, 6.45) is 1.60. The van der Waals surface area contributed by atoms with Crippen molar-refractivity contribution in [2.45, 2.75) is 19.5 Å². The van der Waals surface area contributed by atoms with E-state index in [0.29, 0.717) is 18.1 Å². The van der Waals surface area contributed by atoms with Gasteiger partial charge >= 0.3 is 0 Å². The third-order valence-corrected chi connectivity index (χ3v) is 5.28. The standard InChI is InChI=1S/C17H17N7O2S/c1-11(25)23-8-13(9-23)24-10-14(19-22-24)16(26)18-7-15-20-21-17(27-15)12-5-3-2-4-6-12/h2-6,10,13H,7-9H2,1H3,(H,18,26). The maximum atomic E-state index is 12.3. The highest BCUT2D eigenvalue weighted by molar-refractivity contribution is 7.14. The molecule has 2 aromatic heterocycles. The van der Waals surface area contributed by atoms with Crippen LogP contribution in [0.5, 0.6) is 0 Å². The summed E-state index contributed by atoms with van der Waals surface area (Å²) < 4.78 is 1.63. The van der Waals surface area contributed by atoms with Crippen molar-refractivity contribution in [3.05, 3.63) is 47.2 Å². The first kappa shape index (κ1) is 17.3. The molecular weight excluding hydrogens is 366 g/mol. The van der Waals surface area contributed by atoms with Gasteiger partial charge in [-0.2, -0.15) is 0 Å². The van der Waals surface area contributed by atoms with Crippen LogP contribution in [0.4, 0.5) is 0 Å². The van der Waals surface area contributed by atoms with E-state index < -0.39 is 0 Å². The predicted molar refractivity (Wildman–Crippen MR) is 97.8 cm³/mol. The molecule has 0 spiro atoms. The molecule has 3 heterocycles. The van der Waals surface area contributed by atoms with Crippen molar-refractivity contribution < 1.29 is 9.59 Å². The summed E-state index contributed by atoms with van der Waals surface area (Å²) in [5, 5.41) is 20.5. The smallest absolute Gasteiger partial charge is 0.273 e. The average molecular weight is 383 g/mol. The predicted octanol–water partition coefficient (Wildman–Crippen LogP) is 1.13. The second-order valence-electron chi connectivity index (χ2n) is 6.21.